The van der Waals surface area contributed by atoms with Crippen molar-refractivity contribution in [2.75, 3.05) is 19.9 Å². The van der Waals surface area contributed by atoms with E-state index in [0.29, 0.717) is 35.0 Å². The van der Waals surface area contributed by atoms with Crippen LogP contribution in [0.25, 0.3) is 21.5 Å². The molecule has 0 amide bonds. The van der Waals surface area contributed by atoms with Crippen LogP contribution in [0.1, 0.15) is 5.56 Å². The maximum Gasteiger partial charge on any atom is 0.296 e. The lowest BCUT2D eigenvalue weighted by atomic mass is 10.0. The Balaban J connectivity index is 1.65. The summed E-state index contributed by atoms with van der Waals surface area (Å²) in [5, 5.41) is 62.7. The highest BCUT2D eigenvalue weighted by Crippen LogP contribution is 2.49. The van der Waals surface area contributed by atoms with Gasteiger partial charge in [-0.25, -0.2) is 10.5 Å². The first-order valence-electron chi connectivity index (χ1n) is 14.2. The Morgan fingerprint density at radius 3 is 2.00 bits per heavy atom. The summed E-state index contributed by atoms with van der Waals surface area (Å²) >= 11 is 0.821. The molecule has 0 aliphatic carbocycles. The van der Waals surface area contributed by atoms with Gasteiger partial charge in [-0.3, -0.25) is 14.1 Å². The van der Waals surface area contributed by atoms with Gasteiger partial charge in [0.1, 0.15) is 38.3 Å². The fraction of sp³-hybridized carbons (Fsp3) is 0.0690. The van der Waals surface area contributed by atoms with E-state index in [-0.39, 0.29) is 54.4 Å². The van der Waals surface area contributed by atoms with Gasteiger partial charge in [0.25, 0.3) is 20.2 Å². The van der Waals surface area contributed by atoms with Gasteiger partial charge < -0.3 is 20.7 Å². The summed E-state index contributed by atoms with van der Waals surface area (Å²) in [6, 6.07) is 11.8. The number of hydrogen-bond donors (Lipinski definition) is 7. The Labute approximate surface area is 312 Å². The monoisotopic (exact) mass is 824 g/mol. The number of nitrogens with zero attached hydrogens (tertiary/aromatic N) is 5. The first-order valence-corrected chi connectivity index (χ1v) is 18.6. The first kappa shape index (κ1) is 40.2. The Morgan fingerprint density at radius 1 is 0.741 bits per heavy atom. The van der Waals surface area contributed by atoms with Crippen molar-refractivity contribution in [1.29, 1.82) is 0 Å². The molecule has 5 aromatic rings. The van der Waals surface area contributed by atoms with Crippen molar-refractivity contribution >= 4 is 101 Å². The Kier molecular flexibility index (Phi) is 12.3. The summed E-state index contributed by atoms with van der Waals surface area (Å²) in [5.74, 6) is -1.17. The number of nitrogens with two attached hydrogens (primary N) is 1. The summed E-state index contributed by atoms with van der Waals surface area (Å²) in [5.41, 5.74) is 5.21. The van der Waals surface area contributed by atoms with Gasteiger partial charge in [-0.2, -0.15) is 27.1 Å². The number of nitrogen functional groups attached to an aromatic ring is 1. The van der Waals surface area contributed by atoms with E-state index >= 15 is 0 Å². The van der Waals surface area contributed by atoms with E-state index in [1.165, 1.54) is 50.7 Å². The van der Waals surface area contributed by atoms with Gasteiger partial charge in [-0.1, -0.05) is 22.2 Å². The van der Waals surface area contributed by atoms with Crippen LogP contribution in [-0.4, -0.2) is 67.0 Å². The third-order valence-corrected chi connectivity index (χ3v) is 10.2. The Bertz CT molecular complexity index is 2590. The highest BCUT2D eigenvalue weighted by atomic mass is 32.2. The number of aliphatic imine (C=N–C) groups is 1. The van der Waals surface area contributed by atoms with Crippen molar-refractivity contribution in [2.45, 2.75) is 19.6 Å². The van der Waals surface area contributed by atoms with E-state index in [1.807, 2.05) is 0 Å². The highest BCUT2D eigenvalue weighted by molar-refractivity contribution is 7.95. The van der Waals surface area contributed by atoms with Gasteiger partial charge in [0.15, 0.2) is 11.5 Å². The van der Waals surface area contributed by atoms with E-state index in [9.17, 15) is 36.2 Å². The molecular formula is C29H24N6O15S4. The smallest absolute Gasteiger partial charge is 0.296 e. The van der Waals surface area contributed by atoms with Gasteiger partial charge in [0.2, 0.25) is 0 Å². The van der Waals surface area contributed by atoms with Crippen molar-refractivity contribution in [3.05, 3.63) is 60.2 Å². The van der Waals surface area contributed by atoms with Gasteiger partial charge in [-0.15, -0.1) is 18.9 Å². The number of ether oxygens (including phenoxy) is 1. The topological polar surface area (TPSA) is 324 Å². The predicted octanol–water partition coefficient (Wildman–Crippen LogP) is 7.22. The number of hydrogen-bond acceptors (Lipinski definition) is 21. The lowest BCUT2D eigenvalue weighted by molar-refractivity contribution is -0.432. The van der Waals surface area contributed by atoms with E-state index in [2.05, 4.69) is 44.2 Å². The van der Waals surface area contributed by atoms with Crippen molar-refractivity contribution in [1.82, 2.24) is 0 Å². The zero-order valence-corrected chi connectivity index (χ0v) is 30.3. The Morgan fingerprint density at radius 2 is 1.39 bits per heavy atom. The summed E-state index contributed by atoms with van der Waals surface area (Å²) in [6.07, 6.45) is 1.28. The molecule has 0 saturated heterocycles. The largest absolute Gasteiger partial charge is 0.505 e. The molecule has 21 nitrogen and oxygen atoms in total. The van der Waals surface area contributed by atoms with E-state index < -0.39 is 47.2 Å². The van der Waals surface area contributed by atoms with Crippen LogP contribution in [0.2, 0.25) is 0 Å². The standard InChI is InChI=1S/C29H24N6O15S4/c1-31-34-27-22(54(43,44)45)10-15-9-19(51-49-47-38)25(24(30)23(15)29(27)37)32-12-13-3-4-14-8-20(52-50-48-39)26(28(36)17(14)7-13)35-33-18-6-5-16(46-2)11-21(18)53(40,41)42/h3-12,36-39H,30H2,1-2H3,(H,40,41,42)(H,43,44,45). The lowest BCUT2D eigenvalue weighted by Gasteiger charge is -2.14. The van der Waals surface area contributed by atoms with Gasteiger partial charge in [0, 0.05) is 24.7 Å². The van der Waals surface area contributed by atoms with Gasteiger partial charge in [0.05, 0.1) is 52.1 Å². The quantitative estimate of drug-likeness (QED) is 0.0110. The molecule has 0 spiro atoms. The molecule has 5 rings (SSSR count). The molecule has 0 fully saturated rings. The van der Waals surface area contributed by atoms with Crippen LogP contribution < -0.4 is 10.5 Å². The minimum Gasteiger partial charge on any atom is -0.505 e. The molecule has 0 unspecified atom stereocenters. The summed E-state index contributed by atoms with van der Waals surface area (Å²) in [4.78, 5) is 3.04. The maximum atomic E-state index is 12.1. The average molecular weight is 825 g/mol. The number of benzene rings is 5. The molecule has 0 saturated carbocycles. The van der Waals surface area contributed by atoms with Crippen LogP contribution in [-0.2, 0) is 39.0 Å². The molecule has 284 valence electrons. The first-order chi connectivity index (χ1) is 25.6. The predicted molar refractivity (Wildman–Crippen MR) is 191 cm³/mol. The molecule has 25 heteroatoms. The molecule has 5 aromatic carbocycles. The second kappa shape index (κ2) is 16.5. The molecular weight excluding hydrogens is 801 g/mol. The minimum atomic E-state index is -4.91. The molecule has 0 atom stereocenters. The van der Waals surface area contributed by atoms with Gasteiger partial charge in [-0.05, 0) is 52.7 Å². The third kappa shape index (κ3) is 8.51. The SMILES string of the molecule is CN=Nc1c(S(=O)(=O)O)cc2cc(SOOO)c(N=Cc3ccc4cc(SOOO)c(N=Nc5ccc(OC)cc5S(=O)(=O)O)c(O)c4c3)c(N)c2c1O. The fourth-order valence-corrected chi connectivity index (χ4v) is 7.27. The molecule has 0 heterocycles. The molecule has 0 radical (unpaired) electrons. The number of phenols is 2. The van der Waals surface area contributed by atoms with Crippen LogP contribution in [0.3, 0.4) is 0 Å². The number of phenolic OH excluding ortho intramolecular Hbond substituents is 2. The summed E-state index contributed by atoms with van der Waals surface area (Å²) < 4.78 is 81.8. The maximum absolute atomic E-state index is 12.1. The average Bonchev–Trinajstić information content (AvgIpc) is 3.12. The number of methoxy groups -OCH3 is 1. The van der Waals surface area contributed by atoms with Crippen LogP contribution in [0.4, 0.5) is 28.4 Å². The third-order valence-electron chi connectivity index (χ3n) is 7.22. The molecule has 54 heavy (non-hydrogen) atoms. The Hall–Kier alpha value is -5.03. The van der Waals surface area contributed by atoms with Crippen molar-refractivity contribution in [2.24, 2.45) is 25.4 Å². The molecule has 8 N–H and O–H groups in total. The number of azo groups is 2. The van der Waals surface area contributed by atoms with E-state index in [1.54, 1.807) is 12.1 Å². The lowest BCUT2D eigenvalue weighted by Crippen LogP contribution is -2.00. The highest BCUT2D eigenvalue weighted by Gasteiger charge is 2.26. The second-order valence-electron chi connectivity index (χ2n) is 10.4. The normalized spacial score (nSPS) is 12.6. The summed E-state index contributed by atoms with van der Waals surface area (Å²) in [6.45, 7) is 0. The summed E-state index contributed by atoms with van der Waals surface area (Å²) in [7, 11) is -7.23. The molecule has 0 aromatic heterocycles. The van der Waals surface area contributed by atoms with E-state index in [4.69, 9.17) is 21.0 Å². The van der Waals surface area contributed by atoms with Crippen molar-refractivity contribution in [3.63, 3.8) is 0 Å². The number of rotatable bonds is 14. The fourth-order valence-electron chi connectivity index (χ4n) is 4.96. The second-order valence-corrected chi connectivity index (χ2v) is 14.6. The van der Waals surface area contributed by atoms with E-state index in [0.717, 1.165) is 12.1 Å². The minimum absolute atomic E-state index is 0.0180. The van der Waals surface area contributed by atoms with Crippen molar-refractivity contribution < 1.29 is 70.1 Å². The molecule has 0 bridgehead atoms. The zero-order chi connectivity index (χ0) is 39.4. The molecule has 0 aliphatic rings. The number of aromatic hydroxyl groups is 2. The molecule has 0 aliphatic heterocycles. The van der Waals surface area contributed by atoms with Crippen LogP contribution >= 0.6 is 24.1 Å². The number of anilines is 1. The van der Waals surface area contributed by atoms with Crippen LogP contribution in [0.15, 0.2) is 99.6 Å². The van der Waals surface area contributed by atoms with Crippen molar-refractivity contribution in [3.8, 4) is 17.2 Å². The van der Waals surface area contributed by atoms with Crippen LogP contribution in [0.5, 0.6) is 17.2 Å². The van der Waals surface area contributed by atoms with Crippen LogP contribution in [0, 0.1) is 0 Å². The zero-order valence-electron chi connectivity index (χ0n) is 27.1. The van der Waals surface area contributed by atoms with Gasteiger partial charge >= 0.3 is 0 Å². The number of fused-ring (bicyclic) bond motifs is 2.